The number of imidazole rings is 1. The van der Waals surface area contributed by atoms with Crippen LogP contribution in [0.5, 0.6) is 0 Å². The number of aromatic nitrogens is 5. The van der Waals surface area contributed by atoms with E-state index in [0.717, 1.165) is 29.3 Å². The lowest BCUT2D eigenvalue weighted by atomic mass is 9.73. The Morgan fingerprint density at radius 3 is 2.79 bits per heavy atom. The molecule has 196 valence electrons. The maximum absolute atomic E-state index is 14.9. The zero-order chi connectivity index (χ0) is 26.5. The molecule has 1 fully saturated rings. The number of rotatable bonds is 6. The van der Waals surface area contributed by atoms with E-state index in [1.165, 1.54) is 6.07 Å². The quantitative estimate of drug-likeness (QED) is 0.385. The van der Waals surface area contributed by atoms with Crippen LogP contribution >= 0.6 is 0 Å². The summed E-state index contributed by atoms with van der Waals surface area (Å²) >= 11 is 0. The molecule has 0 aliphatic carbocycles. The Balaban J connectivity index is 1.39. The average molecular weight is 515 g/mol. The van der Waals surface area contributed by atoms with Gasteiger partial charge in [0.05, 0.1) is 36.0 Å². The number of pyridine rings is 1. The van der Waals surface area contributed by atoms with Crippen LogP contribution in [-0.2, 0) is 16.7 Å². The van der Waals surface area contributed by atoms with Crippen LogP contribution in [0.3, 0.4) is 0 Å². The molecule has 2 aliphatic heterocycles. The van der Waals surface area contributed by atoms with E-state index in [1.54, 1.807) is 35.4 Å². The van der Waals surface area contributed by atoms with Crippen molar-refractivity contribution in [1.29, 1.82) is 0 Å². The first kappa shape index (κ1) is 24.4. The number of benzene rings is 1. The summed E-state index contributed by atoms with van der Waals surface area (Å²) < 4.78 is 22.8. The first-order valence-electron chi connectivity index (χ1n) is 12.7. The number of nitrogens with one attached hydrogen (secondary N) is 2. The maximum atomic E-state index is 14.9. The fourth-order valence-corrected chi connectivity index (χ4v) is 5.47. The zero-order valence-electron chi connectivity index (χ0n) is 21.9. The topological polar surface area (TPSA) is 93.0 Å². The van der Waals surface area contributed by atoms with Gasteiger partial charge in [-0.25, -0.2) is 19.3 Å². The van der Waals surface area contributed by atoms with Crippen molar-refractivity contribution in [1.82, 2.24) is 29.8 Å². The molecule has 0 saturated carbocycles. The summed E-state index contributed by atoms with van der Waals surface area (Å²) in [4.78, 5) is 20.8. The van der Waals surface area contributed by atoms with Crippen molar-refractivity contribution in [2.45, 2.75) is 50.8 Å². The average Bonchev–Trinajstić information content (AvgIpc) is 3.49. The summed E-state index contributed by atoms with van der Waals surface area (Å²) in [6, 6.07) is 11.1. The summed E-state index contributed by atoms with van der Waals surface area (Å²) in [6.45, 7) is 7.69. The van der Waals surface area contributed by atoms with E-state index in [9.17, 15) is 4.39 Å². The summed E-state index contributed by atoms with van der Waals surface area (Å²) in [5.41, 5.74) is 2.36. The fourth-order valence-electron chi connectivity index (χ4n) is 5.47. The number of ether oxygens (including phenoxy) is 1. The molecule has 10 heteroatoms. The number of halogens is 1. The highest BCUT2D eigenvalue weighted by atomic mass is 19.1. The lowest BCUT2D eigenvalue weighted by molar-refractivity contribution is -0.0893. The number of hydrogen-bond acceptors (Lipinski definition) is 8. The highest BCUT2D eigenvalue weighted by Gasteiger charge is 2.55. The van der Waals surface area contributed by atoms with Gasteiger partial charge in [0, 0.05) is 41.8 Å². The predicted octanol–water partition coefficient (Wildman–Crippen LogP) is 4.64. The van der Waals surface area contributed by atoms with Crippen molar-refractivity contribution >= 4 is 23.3 Å². The Bertz CT molecular complexity index is 1470. The Hall–Kier alpha value is -3.89. The molecule has 0 spiro atoms. The SMILES string of the molecule is CNCc1cccc(N2c3nc(Nc4ccc(-n5ccnc5)c(F)c4)ncc3[C@]3(C)COC(C)(C)C[C@H]23)n1. The minimum atomic E-state index is -0.376. The second-order valence-corrected chi connectivity index (χ2v) is 10.8. The third kappa shape index (κ3) is 4.19. The second-order valence-electron chi connectivity index (χ2n) is 10.8. The molecule has 0 radical (unpaired) electrons. The van der Waals surface area contributed by atoms with Gasteiger partial charge >= 0.3 is 0 Å². The van der Waals surface area contributed by atoms with Crippen LogP contribution in [0.15, 0.2) is 61.3 Å². The summed E-state index contributed by atoms with van der Waals surface area (Å²) in [6.07, 6.45) is 7.56. The van der Waals surface area contributed by atoms with Gasteiger partial charge in [0.25, 0.3) is 0 Å². The molecule has 6 rings (SSSR count). The van der Waals surface area contributed by atoms with E-state index >= 15 is 0 Å². The lowest BCUT2D eigenvalue weighted by Gasteiger charge is -2.46. The highest BCUT2D eigenvalue weighted by molar-refractivity contribution is 5.71. The minimum absolute atomic E-state index is 0.0926. The smallest absolute Gasteiger partial charge is 0.229 e. The maximum Gasteiger partial charge on any atom is 0.229 e. The van der Waals surface area contributed by atoms with Gasteiger partial charge in [0.2, 0.25) is 5.95 Å². The van der Waals surface area contributed by atoms with Crippen LogP contribution in [-0.4, -0.2) is 49.8 Å². The van der Waals surface area contributed by atoms with Gasteiger partial charge < -0.3 is 24.8 Å². The fraction of sp³-hybridized carbons (Fsp3) is 0.357. The van der Waals surface area contributed by atoms with Gasteiger partial charge in [-0.15, -0.1) is 0 Å². The van der Waals surface area contributed by atoms with E-state index in [4.69, 9.17) is 14.7 Å². The molecule has 2 aliphatic rings. The van der Waals surface area contributed by atoms with E-state index in [0.29, 0.717) is 30.5 Å². The second kappa shape index (κ2) is 9.14. The Kier molecular flexibility index (Phi) is 5.88. The number of hydrogen-bond donors (Lipinski definition) is 2. The largest absolute Gasteiger partial charge is 0.374 e. The Morgan fingerprint density at radius 1 is 1.16 bits per heavy atom. The minimum Gasteiger partial charge on any atom is -0.374 e. The van der Waals surface area contributed by atoms with Gasteiger partial charge in [0.15, 0.2) is 0 Å². The van der Waals surface area contributed by atoms with Crippen molar-refractivity contribution in [3.05, 3.63) is 78.4 Å². The molecular formula is C28H31FN8O. The van der Waals surface area contributed by atoms with Gasteiger partial charge in [0.1, 0.15) is 17.5 Å². The van der Waals surface area contributed by atoms with Crippen molar-refractivity contribution in [2.75, 3.05) is 23.9 Å². The molecule has 5 heterocycles. The number of fused-ring (bicyclic) bond motifs is 3. The van der Waals surface area contributed by atoms with Crippen LogP contribution in [0.1, 0.15) is 38.4 Å². The molecule has 0 unspecified atom stereocenters. The summed E-state index contributed by atoms with van der Waals surface area (Å²) in [5.74, 6) is 1.64. The van der Waals surface area contributed by atoms with Crippen LogP contribution in [0.2, 0.25) is 0 Å². The van der Waals surface area contributed by atoms with E-state index in [1.807, 2.05) is 31.4 Å². The first-order chi connectivity index (χ1) is 18.3. The van der Waals surface area contributed by atoms with Crippen molar-refractivity contribution in [3.63, 3.8) is 0 Å². The molecule has 2 N–H and O–H groups in total. The number of anilines is 4. The molecule has 0 bridgehead atoms. The third-order valence-electron chi connectivity index (χ3n) is 7.49. The first-order valence-corrected chi connectivity index (χ1v) is 12.7. The molecule has 1 aromatic carbocycles. The number of nitrogens with zero attached hydrogens (tertiary/aromatic N) is 6. The van der Waals surface area contributed by atoms with Gasteiger partial charge in [-0.3, -0.25) is 0 Å². The monoisotopic (exact) mass is 514 g/mol. The van der Waals surface area contributed by atoms with Crippen molar-refractivity contribution in [3.8, 4) is 5.69 Å². The van der Waals surface area contributed by atoms with Gasteiger partial charge in [-0.05, 0) is 57.6 Å². The Labute approximate surface area is 221 Å². The van der Waals surface area contributed by atoms with Crippen molar-refractivity contribution < 1.29 is 9.13 Å². The summed E-state index contributed by atoms with van der Waals surface area (Å²) in [7, 11) is 1.91. The molecule has 38 heavy (non-hydrogen) atoms. The van der Waals surface area contributed by atoms with E-state index in [-0.39, 0.29) is 22.9 Å². The molecule has 3 aromatic heterocycles. The normalized spacial score (nSPS) is 21.7. The van der Waals surface area contributed by atoms with Crippen LogP contribution in [0.25, 0.3) is 5.69 Å². The molecule has 1 saturated heterocycles. The van der Waals surface area contributed by atoms with Gasteiger partial charge in [-0.2, -0.15) is 4.98 Å². The van der Waals surface area contributed by atoms with Crippen molar-refractivity contribution in [2.24, 2.45) is 0 Å². The third-order valence-corrected chi connectivity index (χ3v) is 7.49. The molecule has 9 nitrogen and oxygen atoms in total. The predicted molar refractivity (Wildman–Crippen MR) is 144 cm³/mol. The molecule has 0 amide bonds. The Morgan fingerprint density at radius 2 is 2.03 bits per heavy atom. The standard InChI is InChI=1S/C28H31FN8O/c1-27(2)13-23-28(3,16-38-27)20-15-32-26(34-18-8-9-22(21(29)12-18)36-11-10-31-17-36)35-25(20)37(23)24-7-5-6-19(33-24)14-30-4/h5-12,15,17,23,30H,13-14,16H2,1-4H3,(H,32,34,35)/t23-,28-/m0/s1. The highest BCUT2D eigenvalue weighted by Crippen LogP contribution is 2.52. The van der Waals surface area contributed by atoms with E-state index < -0.39 is 0 Å². The molecule has 4 aromatic rings. The van der Waals surface area contributed by atoms with Gasteiger partial charge in [-0.1, -0.05) is 13.0 Å². The van der Waals surface area contributed by atoms with Crippen LogP contribution in [0, 0.1) is 5.82 Å². The zero-order valence-corrected chi connectivity index (χ0v) is 21.9. The molecule has 2 atom stereocenters. The lowest BCUT2D eigenvalue weighted by Crippen LogP contribution is -2.54. The van der Waals surface area contributed by atoms with Crippen LogP contribution < -0.4 is 15.5 Å². The van der Waals surface area contributed by atoms with Crippen LogP contribution in [0.4, 0.5) is 27.7 Å². The molecular weight excluding hydrogens is 483 g/mol. The summed E-state index contributed by atoms with van der Waals surface area (Å²) in [5, 5.41) is 6.36. The van der Waals surface area contributed by atoms with E-state index in [2.05, 4.69) is 46.3 Å².